The van der Waals surface area contributed by atoms with Crippen molar-refractivity contribution in [2.45, 2.75) is 7.43 Å². The van der Waals surface area contributed by atoms with Crippen LogP contribution in [0.4, 0.5) is 0 Å². The first-order valence-electron chi connectivity index (χ1n) is 6.91. The lowest BCUT2D eigenvalue weighted by atomic mass is 10.3. The van der Waals surface area contributed by atoms with Crippen LogP contribution in [0.15, 0.2) is 51.8 Å². The van der Waals surface area contributed by atoms with Gasteiger partial charge < -0.3 is 10.2 Å². The molecule has 0 saturated heterocycles. The number of hydrogen-bond acceptors (Lipinski definition) is 3. The SMILES string of the molecule is C.Clc1cc(Br)c2cc[nH]c2n1.O=P(Cl)(Cl)Cl.O[n+]1ccc(Br)c2cc[nH]c21. The third kappa shape index (κ3) is 7.75. The highest BCUT2D eigenvalue weighted by atomic mass is 79.9. The summed E-state index contributed by atoms with van der Waals surface area (Å²) in [5.41, 5.74) is 1.50. The Morgan fingerprint density at radius 2 is 1.61 bits per heavy atom. The zero-order valence-electron chi connectivity index (χ0n) is 13.0. The van der Waals surface area contributed by atoms with Crippen molar-refractivity contribution in [3.63, 3.8) is 0 Å². The number of halogens is 6. The second-order valence-electron chi connectivity index (χ2n) is 4.81. The molecule has 0 bridgehead atoms. The van der Waals surface area contributed by atoms with Gasteiger partial charge >= 0.3 is 10.8 Å². The lowest BCUT2D eigenvalue weighted by molar-refractivity contribution is -0.885. The van der Waals surface area contributed by atoms with Crippen LogP contribution in [0.3, 0.4) is 0 Å². The van der Waals surface area contributed by atoms with Crippen molar-refractivity contribution in [1.82, 2.24) is 15.0 Å². The molecule has 13 heteroatoms. The summed E-state index contributed by atoms with van der Waals surface area (Å²) < 4.78 is 12.5. The maximum absolute atomic E-state index is 9.51. The summed E-state index contributed by atoms with van der Waals surface area (Å²) in [4.78, 5) is 9.96. The molecule has 4 heterocycles. The van der Waals surface area contributed by atoms with Crippen molar-refractivity contribution in [2.24, 2.45) is 0 Å². The maximum Gasteiger partial charge on any atom is 0.339 e. The smallest absolute Gasteiger partial charge is 0.339 e. The molecule has 0 radical (unpaired) electrons. The van der Waals surface area contributed by atoms with Gasteiger partial charge in [-0.15, -0.1) is 0 Å². The number of fused-ring (bicyclic) bond motifs is 2. The fourth-order valence-corrected chi connectivity index (χ4v) is 3.31. The minimum Gasteiger partial charge on any atom is -0.350 e. The molecule has 0 amide bonds. The number of nitrogens with one attached hydrogen (secondary N) is 2. The highest BCUT2D eigenvalue weighted by Gasteiger charge is 2.09. The summed E-state index contributed by atoms with van der Waals surface area (Å²) in [7, 11) is 0. The first kappa shape index (κ1) is 25.6. The van der Waals surface area contributed by atoms with Gasteiger partial charge in [-0.1, -0.05) is 23.8 Å². The van der Waals surface area contributed by atoms with Crippen molar-refractivity contribution in [2.75, 3.05) is 0 Å². The number of aromatic nitrogens is 4. The lowest BCUT2D eigenvalue weighted by Gasteiger charge is -1.93. The third-order valence-corrected chi connectivity index (χ3v) is 4.56. The van der Waals surface area contributed by atoms with E-state index >= 15 is 0 Å². The predicted molar refractivity (Wildman–Crippen MR) is 124 cm³/mol. The van der Waals surface area contributed by atoms with Crippen LogP contribution in [0.25, 0.3) is 22.1 Å². The Hall–Kier alpha value is -0.470. The van der Waals surface area contributed by atoms with E-state index in [9.17, 15) is 9.77 Å². The summed E-state index contributed by atoms with van der Waals surface area (Å²) in [6, 6.07) is 7.41. The Bertz CT molecular complexity index is 1070. The van der Waals surface area contributed by atoms with Crippen LogP contribution in [0.2, 0.25) is 5.15 Å². The first-order chi connectivity index (χ1) is 12.6. The maximum atomic E-state index is 9.51. The average Bonchev–Trinajstić information content (AvgIpc) is 3.19. The summed E-state index contributed by atoms with van der Waals surface area (Å²) >= 11 is 26.3. The number of H-pyrrole nitrogens is 2. The van der Waals surface area contributed by atoms with E-state index in [4.69, 9.17) is 11.6 Å². The molecule has 0 atom stereocenters. The first-order valence-corrected chi connectivity index (χ1v) is 13.3. The zero-order chi connectivity index (χ0) is 20.2. The van der Waals surface area contributed by atoms with E-state index < -0.39 is 5.20 Å². The van der Waals surface area contributed by atoms with E-state index in [2.05, 4.69) is 80.5 Å². The number of rotatable bonds is 0. The summed E-state index contributed by atoms with van der Waals surface area (Å²) in [5, 5.41) is 8.54. The van der Waals surface area contributed by atoms with Crippen LogP contribution in [0, 0.1) is 0 Å². The van der Waals surface area contributed by atoms with Gasteiger partial charge in [0.2, 0.25) is 0 Å². The molecule has 0 aliphatic heterocycles. The molecule has 152 valence electrons. The largest absolute Gasteiger partial charge is 0.350 e. The molecule has 0 saturated carbocycles. The van der Waals surface area contributed by atoms with E-state index in [1.165, 1.54) is 0 Å². The molecule has 28 heavy (non-hydrogen) atoms. The van der Waals surface area contributed by atoms with Gasteiger partial charge in [0.25, 0.3) is 0 Å². The Balaban J connectivity index is 0.000000222. The Morgan fingerprint density at radius 1 is 1.04 bits per heavy atom. The van der Waals surface area contributed by atoms with Gasteiger partial charge in [-0.05, 0) is 89.8 Å². The van der Waals surface area contributed by atoms with E-state index in [-0.39, 0.29) is 7.43 Å². The van der Waals surface area contributed by atoms with Crippen LogP contribution in [0.5, 0.6) is 0 Å². The van der Waals surface area contributed by atoms with E-state index in [1.807, 2.05) is 18.3 Å². The highest BCUT2D eigenvalue weighted by Crippen LogP contribution is 2.61. The van der Waals surface area contributed by atoms with Gasteiger partial charge in [0, 0.05) is 20.5 Å². The molecule has 0 aromatic carbocycles. The van der Waals surface area contributed by atoms with Crippen LogP contribution >= 0.6 is 82.4 Å². The molecule has 0 aliphatic carbocycles. The molecule has 0 fully saturated rings. The van der Waals surface area contributed by atoms with Crippen LogP contribution < -0.4 is 4.73 Å². The molecule has 6 nitrogen and oxygen atoms in total. The molecule has 4 aromatic rings. The van der Waals surface area contributed by atoms with Crippen molar-refractivity contribution in [3.8, 4) is 0 Å². The van der Waals surface area contributed by atoms with Gasteiger partial charge in [-0.25, -0.2) is 9.97 Å². The van der Waals surface area contributed by atoms with E-state index in [1.54, 1.807) is 24.5 Å². The molecule has 3 N–H and O–H groups in total. The van der Waals surface area contributed by atoms with Crippen molar-refractivity contribution < 1.29 is 14.5 Å². The molecule has 4 aromatic heterocycles. The molecular formula is C15H14Br2Cl4N4O2P+. The second-order valence-corrected chi connectivity index (χ2v) is 13.5. The fourth-order valence-electron chi connectivity index (χ4n) is 2.01. The monoisotopic (exact) mass is 611 g/mol. The predicted octanol–water partition coefficient (Wildman–Crippen LogP) is 7.88. The summed E-state index contributed by atoms with van der Waals surface area (Å²) in [6.07, 6.45) is 5.18. The molecule has 4 rings (SSSR count). The van der Waals surface area contributed by atoms with Gasteiger partial charge in [0.05, 0.1) is 11.6 Å². The van der Waals surface area contributed by atoms with E-state index in [0.29, 0.717) is 10.8 Å². The standard InChI is InChI=1S/C7H4BrClN2.C7H5BrN2O.CH4.Cl3OP/c8-5-3-6(9)11-7-4(5)1-2-10-7;8-6-2-4-10(11)7-5(6)1-3-9-7;;1-5(2,3)4/h1-3H,(H,10,11);1-4,11H;1H4;/p+1. The number of aromatic amines is 2. The second kappa shape index (κ2) is 11.1. The van der Waals surface area contributed by atoms with Crippen molar-refractivity contribution >= 4 is 104 Å². The Labute approximate surface area is 197 Å². The molecular weight excluding hydrogens is 601 g/mol. The van der Waals surface area contributed by atoms with Crippen molar-refractivity contribution in [3.05, 3.63) is 57.0 Å². The van der Waals surface area contributed by atoms with Gasteiger partial charge in [0.1, 0.15) is 17.0 Å². The Kier molecular flexibility index (Phi) is 10.1. The zero-order valence-corrected chi connectivity index (χ0v) is 20.1. The third-order valence-electron chi connectivity index (χ3n) is 3.02. The van der Waals surface area contributed by atoms with Gasteiger partial charge in [-0.2, -0.15) is 0 Å². The molecule has 0 aliphatic rings. The van der Waals surface area contributed by atoms with Crippen LogP contribution in [-0.2, 0) is 4.57 Å². The summed E-state index contributed by atoms with van der Waals surface area (Å²) in [6.45, 7) is 0. The van der Waals surface area contributed by atoms with Crippen molar-refractivity contribution in [1.29, 1.82) is 0 Å². The topological polar surface area (TPSA) is 85.7 Å². The van der Waals surface area contributed by atoms with Gasteiger partial charge in [0.15, 0.2) is 0 Å². The van der Waals surface area contributed by atoms with Crippen LogP contribution in [0.1, 0.15) is 7.43 Å². The minimum atomic E-state index is -3.22. The fraction of sp³-hybridized carbons (Fsp3) is 0.0667. The Morgan fingerprint density at radius 3 is 2.21 bits per heavy atom. The average molecular weight is 615 g/mol. The quantitative estimate of drug-likeness (QED) is 0.0815. The van der Waals surface area contributed by atoms with Crippen LogP contribution in [-0.4, -0.2) is 20.2 Å². The number of nitrogens with zero attached hydrogens (tertiary/aromatic N) is 2. The minimum absolute atomic E-state index is 0. The number of hydrogen-bond donors (Lipinski definition) is 3. The number of pyridine rings is 2. The molecule has 0 spiro atoms. The highest BCUT2D eigenvalue weighted by molar-refractivity contribution is 9.11. The van der Waals surface area contributed by atoms with E-state index in [0.717, 1.165) is 30.1 Å². The normalized spacial score (nSPS) is 10.5. The van der Waals surface area contributed by atoms with Gasteiger partial charge in [-0.3, -0.25) is 4.57 Å². The summed E-state index contributed by atoms with van der Waals surface area (Å²) in [5.74, 6) is 0. The molecule has 0 unspecified atom stereocenters. The lowest BCUT2D eigenvalue weighted by Crippen LogP contribution is -2.30.